The van der Waals surface area contributed by atoms with E-state index in [1.807, 2.05) is 25.2 Å². The second kappa shape index (κ2) is 8.87. The largest absolute Gasteiger partial charge is 0.369 e. The van der Waals surface area contributed by atoms with E-state index in [4.69, 9.17) is 0 Å². The van der Waals surface area contributed by atoms with Gasteiger partial charge in [0.15, 0.2) is 0 Å². The highest BCUT2D eigenvalue weighted by molar-refractivity contribution is 14.1. The van der Waals surface area contributed by atoms with Gasteiger partial charge < -0.3 is 14.7 Å². The second-order valence-corrected chi connectivity index (χ2v) is 7.93. The molecule has 1 saturated heterocycles. The van der Waals surface area contributed by atoms with Crippen molar-refractivity contribution in [2.24, 2.45) is 5.92 Å². The third kappa shape index (κ3) is 4.65. The Bertz CT molecular complexity index is 632. The van der Waals surface area contributed by atoms with Gasteiger partial charge in [-0.25, -0.2) is 9.78 Å². The number of anilines is 1. The van der Waals surface area contributed by atoms with Crippen molar-refractivity contribution in [2.45, 2.75) is 32.7 Å². The molecule has 6 heteroatoms. The van der Waals surface area contributed by atoms with E-state index in [1.54, 1.807) is 4.90 Å². The molecule has 2 atom stereocenters. The zero-order chi connectivity index (χ0) is 18.6. The highest BCUT2D eigenvalue weighted by atomic mass is 127. The van der Waals surface area contributed by atoms with E-state index in [0.717, 1.165) is 35.2 Å². The maximum Gasteiger partial charge on any atom is 0.319 e. The average molecular weight is 456 g/mol. The molecule has 2 heterocycles. The van der Waals surface area contributed by atoms with Gasteiger partial charge in [-0.1, -0.05) is 26.0 Å². The van der Waals surface area contributed by atoms with E-state index >= 15 is 0 Å². The number of carbonyl (C=O) groups excluding carboxylic acids is 1. The Morgan fingerprint density at radius 1 is 1.44 bits per heavy atom. The predicted octanol–water partition coefficient (Wildman–Crippen LogP) is 3.94. The SMILES string of the molecule is CC/C=C\c1c(N(C)C2CN(C(=O)N(C)C)CC[C@H]2C)ccnc1I. The van der Waals surface area contributed by atoms with Crippen molar-refractivity contribution in [3.8, 4) is 0 Å². The summed E-state index contributed by atoms with van der Waals surface area (Å²) in [5.41, 5.74) is 2.34. The lowest BCUT2D eigenvalue weighted by atomic mass is 9.92. The third-order valence-corrected chi connectivity index (χ3v) is 5.75. The van der Waals surface area contributed by atoms with Crippen LogP contribution in [0.25, 0.3) is 6.08 Å². The number of amides is 2. The number of hydrogen-bond acceptors (Lipinski definition) is 3. The van der Waals surface area contributed by atoms with Crippen LogP contribution in [-0.2, 0) is 0 Å². The summed E-state index contributed by atoms with van der Waals surface area (Å²) >= 11 is 2.30. The number of rotatable bonds is 4. The molecule has 5 nitrogen and oxygen atoms in total. The number of urea groups is 1. The maximum absolute atomic E-state index is 12.4. The summed E-state index contributed by atoms with van der Waals surface area (Å²) in [6.45, 7) is 6.01. The number of pyridine rings is 1. The Kier molecular flexibility index (Phi) is 7.10. The van der Waals surface area contributed by atoms with Crippen LogP contribution in [-0.4, -0.2) is 61.1 Å². The first-order valence-electron chi connectivity index (χ1n) is 8.86. The lowest BCUT2D eigenvalue weighted by Crippen LogP contribution is -2.54. The first kappa shape index (κ1) is 20.0. The third-order valence-electron chi connectivity index (χ3n) is 4.89. The summed E-state index contributed by atoms with van der Waals surface area (Å²) in [5.74, 6) is 0.532. The lowest BCUT2D eigenvalue weighted by Gasteiger charge is -2.43. The molecule has 138 valence electrons. The van der Waals surface area contributed by atoms with Crippen molar-refractivity contribution in [1.29, 1.82) is 0 Å². The lowest BCUT2D eigenvalue weighted by molar-refractivity contribution is 0.140. The normalized spacial score (nSPS) is 20.8. The summed E-state index contributed by atoms with van der Waals surface area (Å²) in [7, 11) is 5.77. The number of nitrogens with zero attached hydrogens (tertiary/aromatic N) is 4. The number of aromatic nitrogens is 1. The Morgan fingerprint density at radius 2 is 2.16 bits per heavy atom. The number of allylic oxidation sites excluding steroid dienone is 1. The minimum atomic E-state index is 0.0979. The first-order chi connectivity index (χ1) is 11.9. The molecular formula is C19H29IN4O. The summed E-state index contributed by atoms with van der Waals surface area (Å²) in [6, 6.07) is 2.47. The van der Waals surface area contributed by atoms with Gasteiger partial charge in [0.25, 0.3) is 0 Å². The van der Waals surface area contributed by atoms with Crippen LogP contribution in [0.2, 0.25) is 0 Å². The number of piperidine rings is 1. The summed E-state index contributed by atoms with van der Waals surface area (Å²) in [4.78, 5) is 22.8. The van der Waals surface area contributed by atoms with Crippen molar-refractivity contribution in [3.63, 3.8) is 0 Å². The molecular weight excluding hydrogens is 427 g/mol. The van der Waals surface area contributed by atoms with Gasteiger partial charge in [-0.05, 0) is 47.4 Å². The molecule has 1 aliphatic heterocycles. The Hall–Kier alpha value is -1.31. The summed E-state index contributed by atoms with van der Waals surface area (Å²) in [6.07, 6.45) is 8.22. The van der Waals surface area contributed by atoms with E-state index < -0.39 is 0 Å². The number of hydrogen-bond donors (Lipinski definition) is 0. The summed E-state index contributed by atoms with van der Waals surface area (Å²) < 4.78 is 1.01. The fourth-order valence-electron chi connectivity index (χ4n) is 3.32. The maximum atomic E-state index is 12.4. The molecule has 1 aliphatic rings. The van der Waals surface area contributed by atoms with Gasteiger partial charge in [0.1, 0.15) is 3.70 Å². The van der Waals surface area contributed by atoms with Crippen LogP contribution in [0.5, 0.6) is 0 Å². The Morgan fingerprint density at radius 3 is 2.80 bits per heavy atom. The van der Waals surface area contributed by atoms with Gasteiger partial charge in [-0.2, -0.15) is 0 Å². The predicted molar refractivity (Wildman–Crippen MR) is 113 cm³/mol. The minimum absolute atomic E-state index is 0.0979. The zero-order valence-corrected chi connectivity index (χ0v) is 18.0. The van der Waals surface area contributed by atoms with Crippen LogP contribution < -0.4 is 4.90 Å². The van der Waals surface area contributed by atoms with Gasteiger partial charge in [0.05, 0.1) is 0 Å². The van der Waals surface area contributed by atoms with Crippen LogP contribution in [0.15, 0.2) is 18.3 Å². The summed E-state index contributed by atoms with van der Waals surface area (Å²) in [5, 5.41) is 0. The van der Waals surface area contributed by atoms with Gasteiger partial charge >= 0.3 is 6.03 Å². The number of likely N-dealkylation sites (tertiary alicyclic amines) is 1. The van der Waals surface area contributed by atoms with Crippen molar-refractivity contribution in [2.75, 3.05) is 39.1 Å². The highest BCUT2D eigenvalue weighted by Crippen LogP contribution is 2.30. The van der Waals surface area contributed by atoms with Crippen molar-refractivity contribution < 1.29 is 4.79 Å². The first-order valence-corrected chi connectivity index (χ1v) is 9.94. The minimum Gasteiger partial charge on any atom is -0.369 e. The monoisotopic (exact) mass is 456 g/mol. The van der Waals surface area contributed by atoms with Crippen LogP contribution >= 0.6 is 22.6 Å². The molecule has 0 saturated carbocycles. The molecule has 1 unspecified atom stereocenters. The van der Waals surface area contributed by atoms with E-state index in [9.17, 15) is 4.79 Å². The topological polar surface area (TPSA) is 39.7 Å². The standard InChI is InChI=1S/C19H29IN4O/c1-6-7-8-15-16(9-11-21-18(15)20)23(5)17-13-24(12-10-14(17)2)19(25)22(3)4/h7-9,11,14,17H,6,10,12-13H2,1-5H3/b8-7-/t14-,17?/m1/s1. The fraction of sp³-hybridized carbons (Fsp3) is 0.579. The molecule has 1 aromatic rings. The molecule has 0 radical (unpaired) electrons. The van der Waals surface area contributed by atoms with E-state index in [2.05, 4.69) is 71.6 Å². The van der Waals surface area contributed by atoms with Crippen molar-refractivity contribution >= 4 is 40.4 Å². The number of carbonyl (C=O) groups is 1. The molecule has 2 amide bonds. The molecule has 0 bridgehead atoms. The average Bonchev–Trinajstić information content (AvgIpc) is 2.59. The highest BCUT2D eigenvalue weighted by Gasteiger charge is 2.32. The molecule has 1 fully saturated rings. The van der Waals surface area contributed by atoms with E-state index in [-0.39, 0.29) is 6.03 Å². The van der Waals surface area contributed by atoms with Gasteiger partial charge in [0, 0.05) is 57.7 Å². The molecule has 0 N–H and O–H groups in total. The van der Waals surface area contributed by atoms with Gasteiger partial charge in [0.2, 0.25) is 0 Å². The number of likely N-dealkylation sites (N-methyl/N-ethyl adjacent to an activating group) is 1. The van der Waals surface area contributed by atoms with Crippen molar-refractivity contribution in [1.82, 2.24) is 14.8 Å². The second-order valence-electron chi connectivity index (χ2n) is 6.91. The van der Waals surface area contributed by atoms with Crippen LogP contribution in [0, 0.1) is 9.62 Å². The molecule has 2 rings (SSSR count). The fourth-order valence-corrected chi connectivity index (χ4v) is 3.94. The molecule has 1 aromatic heterocycles. The molecule has 25 heavy (non-hydrogen) atoms. The van der Waals surface area contributed by atoms with Crippen molar-refractivity contribution in [3.05, 3.63) is 27.6 Å². The molecule has 0 aliphatic carbocycles. The van der Waals surface area contributed by atoms with E-state index in [0.29, 0.717) is 12.0 Å². The van der Waals surface area contributed by atoms with Gasteiger partial charge in [-0.15, -0.1) is 0 Å². The Labute approximate surface area is 165 Å². The van der Waals surface area contributed by atoms with Gasteiger partial charge in [-0.3, -0.25) is 0 Å². The zero-order valence-electron chi connectivity index (χ0n) is 15.9. The van der Waals surface area contributed by atoms with Crippen LogP contribution in [0.4, 0.5) is 10.5 Å². The molecule has 0 spiro atoms. The Balaban J connectivity index is 2.29. The van der Waals surface area contributed by atoms with E-state index in [1.165, 1.54) is 5.69 Å². The number of halogens is 1. The smallest absolute Gasteiger partial charge is 0.319 e. The van der Waals surface area contributed by atoms with Crippen LogP contribution in [0.1, 0.15) is 32.3 Å². The molecule has 0 aromatic carbocycles. The quantitative estimate of drug-likeness (QED) is 0.509. The van der Waals surface area contributed by atoms with Crippen LogP contribution in [0.3, 0.4) is 0 Å².